The zero-order valence-corrected chi connectivity index (χ0v) is 10.6. The lowest BCUT2D eigenvalue weighted by Crippen LogP contribution is -1.96. The maximum atomic E-state index is 5.88. The average molecular weight is 291 g/mol. The summed E-state index contributed by atoms with van der Waals surface area (Å²) in [5.74, 6) is 0.772. The van der Waals surface area contributed by atoms with Crippen LogP contribution in [0.1, 0.15) is 0 Å². The normalized spacial score (nSPS) is 10.3. The molecule has 0 amide bonds. The van der Waals surface area contributed by atoms with Crippen LogP contribution in [0, 0.1) is 0 Å². The van der Waals surface area contributed by atoms with Crippen molar-refractivity contribution in [1.82, 2.24) is 9.97 Å². The highest BCUT2D eigenvalue weighted by Gasteiger charge is 2.09. The highest BCUT2D eigenvalue weighted by molar-refractivity contribution is 6.42. The Kier molecular flexibility index (Phi) is 3.57. The summed E-state index contributed by atoms with van der Waals surface area (Å²) in [6.07, 6.45) is 1.26. The van der Waals surface area contributed by atoms with Crippen LogP contribution in [-0.4, -0.2) is 9.97 Å². The average Bonchev–Trinajstić information content (AvgIpc) is 2.30. The SMILES string of the molecule is Nc1ncnc(Oc2ccc(Cl)c(Cl)c2)c1Cl. The third-order valence-electron chi connectivity index (χ3n) is 1.89. The third kappa shape index (κ3) is 2.72. The minimum absolute atomic E-state index is 0.150. The molecule has 2 aromatic rings. The fourth-order valence-electron chi connectivity index (χ4n) is 1.09. The number of aromatic nitrogens is 2. The van der Waals surface area contributed by atoms with Gasteiger partial charge in [-0.25, -0.2) is 4.98 Å². The Morgan fingerprint density at radius 1 is 1.06 bits per heavy atom. The third-order valence-corrected chi connectivity index (χ3v) is 2.98. The van der Waals surface area contributed by atoms with E-state index in [0.717, 1.165) is 0 Å². The zero-order chi connectivity index (χ0) is 12.4. The Labute approximate surface area is 112 Å². The Bertz CT molecular complexity index is 562. The maximum Gasteiger partial charge on any atom is 0.243 e. The smallest absolute Gasteiger partial charge is 0.243 e. The fraction of sp³-hybridized carbons (Fsp3) is 0. The van der Waals surface area contributed by atoms with Crippen LogP contribution in [0.15, 0.2) is 24.5 Å². The van der Waals surface area contributed by atoms with Crippen molar-refractivity contribution in [3.05, 3.63) is 39.6 Å². The summed E-state index contributed by atoms with van der Waals surface area (Å²) in [6, 6.07) is 4.80. The van der Waals surface area contributed by atoms with Gasteiger partial charge in [-0.3, -0.25) is 0 Å². The van der Waals surface area contributed by atoms with Gasteiger partial charge in [0, 0.05) is 6.07 Å². The molecule has 17 heavy (non-hydrogen) atoms. The second kappa shape index (κ2) is 4.96. The molecule has 1 heterocycles. The summed E-state index contributed by atoms with van der Waals surface area (Å²) in [6.45, 7) is 0. The van der Waals surface area contributed by atoms with Crippen molar-refractivity contribution in [3.63, 3.8) is 0 Å². The largest absolute Gasteiger partial charge is 0.437 e. The molecule has 88 valence electrons. The Morgan fingerprint density at radius 2 is 1.82 bits per heavy atom. The number of benzene rings is 1. The molecule has 1 aromatic carbocycles. The maximum absolute atomic E-state index is 5.88. The van der Waals surface area contributed by atoms with Gasteiger partial charge in [-0.1, -0.05) is 34.8 Å². The number of halogens is 3. The van der Waals surface area contributed by atoms with Crippen LogP contribution < -0.4 is 10.5 Å². The number of rotatable bonds is 2. The second-order valence-corrected chi connectivity index (χ2v) is 4.25. The molecule has 0 radical (unpaired) electrons. The Balaban J connectivity index is 2.31. The number of nitrogens with two attached hydrogens (primary N) is 1. The summed E-state index contributed by atoms with van der Waals surface area (Å²) < 4.78 is 5.42. The highest BCUT2D eigenvalue weighted by atomic mass is 35.5. The van der Waals surface area contributed by atoms with Crippen LogP contribution in [0.4, 0.5) is 5.82 Å². The number of nitrogen functional groups attached to an aromatic ring is 1. The van der Waals surface area contributed by atoms with E-state index in [1.165, 1.54) is 6.33 Å². The fourth-order valence-corrected chi connectivity index (χ4v) is 1.51. The molecule has 0 unspecified atom stereocenters. The first-order chi connectivity index (χ1) is 8.08. The number of ether oxygens (including phenoxy) is 1. The van der Waals surface area contributed by atoms with Gasteiger partial charge in [0.2, 0.25) is 5.88 Å². The van der Waals surface area contributed by atoms with E-state index in [1.54, 1.807) is 18.2 Å². The van der Waals surface area contributed by atoms with Gasteiger partial charge >= 0.3 is 0 Å². The van der Waals surface area contributed by atoms with Gasteiger partial charge in [-0.15, -0.1) is 0 Å². The van der Waals surface area contributed by atoms with Gasteiger partial charge in [-0.2, -0.15) is 4.98 Å². The Hall–Kier alpha value is -1.23. The molecular weight excluding hydrogens is 284 g/mol. The molecule has 0 bridgehead atoms. The van der Waals surface area contributed by atoms with Gasteiger partial charge in [0.25, 0.3) is 0 Å². The predicted octanol–water partition coefficient (Wildman–Crippen LogP) is 3.81. The van der Waals surface area contributed by atoms with Crippen LogP contribution in [0.3, 0.4) is 0 Å². The molecule has 4 nitrogen and oxygen atoms in total. The van der Waals surface area contributed by atoms with Crippen molar-refractivity contribution < 1.29 is 4.74 Å². The van der Waals surface area contributed by atoms with Crippen LogP contribution in [0.5, 0.6) is 11.6 Å². The van der Waals surface area contributed by atoms with E-state index in [2.05, 4.69) is 9.97 Å². The van der Waals surface area contributed by atoms with Crippen LogP contribution in [0.2, 0.25) is 15.1 Å². The van der Waals surface area contributed by atoms with Gasteiger partial charge in [0.15, 0.2) is 0 Å². The molecule has 0 aliphatic heterocycles. The molecule has 2 rings (SSSR count). The van der Waals surface area contributed by atoms with Crippen molar-refractivity contribution in [2.24, 2.45) is 0 Å². The van der Waals surface area contributed by atoms with Gasteiger partial charge in [0.1, 0.15) is 22.9 Å². The predicted molar refractivity (Wildman–Crippen MR) is 68.0 cm³/mol. The zero-order valence-electron chi connectivity index (χ0n) is 8.32. The van der Waals surface area contributed by atoms with E-state index in [4.69, 9.17) is 45.3 Å². The molecule has 2 N–H and O–H groups in total. The molecular formula is C10H6Cl3N3O. The molecule has 0 aliphatic carbocycles. The van der Waals surface area contributed by atoms with Crippen molar-refractivity contribution in [3.8, 4) is 11.6 Å². The molecule has 0 fully saturated rings. The highest BCUT2D eigenvalue weighted by Crippen LogP contribution is 2.32. The van der Waals surface area contributed by atoms with Gasteiger partial charge in [-0.05, 0) is 12.1 Å². The summed E-state index contributed by atoms with van der Waals surface area (Å²) >= 11 is 17.5. The number of hydrogen-bond acceptors (Lipinski definition) is 4. The van der Waals surface area contributed by atoms with E-state index in [0.29, 0.717) is 15.8 Å². The van der Waals surface area contributed by atoms with E-state index >= 15 is 0 Å². The quantitative estimate of drug-likeness (QED) is 0.913. The number of nitrogens with zero attached hydrogens (tertiary/aromatic N) is 2. The summed E-state index contributed by atoms with van der Waals surface area (Å²) in [4.78, 5) is 7.59. The van der Waals surface area contributed by atoms with E-state index in [1.807, 2.05) is 0 Å². The summed E-state index contributed by atoms with van der Waals surface area (Å²) in [5, 5.41) is 0.966. The van der Waals surface area contributed by atoms with Crippen LogP contribution in [0.25, 0.3) is 0 Å². The van der Waals surface area contributed by atoms with E-state index < -0.39 is 0 Å². The van der Waals surface area contributed by atoms with Crippen molar-refractivity contribution in [2.45, 2.75) is 0 Å². The number of hydrogen-bond donors (Lipinski definition) is 1. The van der Waals surface area contributed by atoms with Gasteiger partial charge in [0.05, 0.1) is 10.0 Å². The molecule has 0 spiro atoms. The molecule has 0 aliphatic rings. The Morgan fingerprint density at radius 3 is 2.53 bits per heavy atom. The first kappa shape index (κ1) is 12.2. The standard InChI is InChI=1S/C10H6Cl3N3O/c11-6-2-1-5(3-7(6)12)17-10-8(13)9(14)15-4-16-10/h1-4H,(H2,14,15,16). The van der Waals surface area contributed by atoms with Crippen molar-refractivity contribution in [1.29, 1.82) is 0 Å². The molecule has 0 atom stereocenters. The summed E-state index contributed by atoms with van der Waals surface area (Å²) in [7, 11) is 0. The van der Waals surface area contributed by atoms with E-state index in [9.17, 15) is 0 Å². The first-order valence-corrected chi connectivity index (χ1v) is 5.60. The first-order valence-electron chi connectivity index (χ1n) is 4.47. The van der Waals surface area contributed by atoms with Crippen LogP contribution >= 0.6 is 34.8 Å². The lowest BCUT2D eigenvalue weighted by molar-refractivity contribution is 0.462. The minimum Gasteiger partial charge on any atom is -0.437 e. The molecule has 1 aromatic heterocycles. The second-order valence-electron chi connectivity index (χ2n) is 3.06. The minimum atomic E-state index is 0.150. The van der Waals surface area contributed by atoms with Crippen molar-refractivity contribution >= 4 is 40.6 Å². The topological polar surface area (TPSA) is 61.0 Å². The monoisotopic (exact) mass is 289 g/mol. The van der Waals surface area contributed by atoms with Crippen LogP contribution in [-0.2, 0) is 0 Å². The van der Waals surface area contributed by atoms with E-state index in [-0.39, 0.29) is 16.7 Å². The molecule has 7 heteroatoms. The molecule has 0 saturated heterocycles. The lowest BCUT2D eigenvalue weighted by Gasteiger charge is -2.07. The summed E-state index contributed by atoms with van der Waals surface area (Å²) in [5.41, 5.74) is 5.52. The number of anilines is 1. The lowest BCUT2D eigenvalue weighted by atomic mass is 10.3. The molecule has 0 saturated carbocycles. The van der Waals surface area contributed by atoms with Crippen molar-refractivity contribution in [2.75, 3.05) is 5.73 Å². The van der Waals surface area contributed by atoms with Gasteiger partial charge < -0.3 is 10.5 Å².